The summed E-state index contributed by atoms with van der Waals surface area (Å²) in [5.41, 5.74) is 2.28. The second-order valence-corrected chi connectivity index (χ2v) is 9.60. The van der Waals surface area contributed by atoms with E-state index in [9.17, 15) is 27.9 Å². The van der Waals surface area contributed by atoms with E-state index >= 15 is 0 Å². The number of phenols is 1. The van der Waals surface area contributed by atoms with Gasteiger partial charge in [0.25, 0.3) is 11.8 Å². The van der Waals surface area contributed by atoms with Gasteiger partial charge in [-0.1, -0.05) is 35.9 Å². The molecule has 0 saturated carbocycles. The van der Waals surface area contributed by atoms with E-state index < -0.39 is 23.6 Å². The molecule has 39 heavy (non-hydrogen) atoms. The molecule has 0 atom stereocenters. The smallest absolute Gasteiger partial charge is 0.416 e. The average molecular weight is 550 g/mol. The molecule has 4 aromatic carbocycles. The molecule has 2 heterocycles. The molecule has 1 aliphatic rings. The fraction of sp³-hybridized carbons (Fsp3) is 0.103. The maximum Gasteiger partial charge on any atom is 0.416 e. The van der Waals surface area contributed by atoms with E-state index in [0.717, 1.165) is 12.1 Å². The molecule has 0 fully saturated rings. The number of halogens is 4. The number of rotatable bonds is 5. The van der Waals surface area contributed by atoms with Crippen LogP contribution in [0.25, 0.3) is 32.9 Å². The van der Waals surface area contributed by atoms with Gasteiger partial charge in [-0.2, -0.15) is 13.2 Å². The first-order valence-corrected chi connectivity index (χ1v) is 12.3. The molecular formula is C29H19ClF3N3O3. The molecule has 196 valence electrons. The highest BCUT2D eigenvalue weighted by molar-refractivity contribution is 6.36. The van der Waals surface area contributed by atoms with Crippen molar-refractivity contribution in [1.82, 2.24) is 9.88 Å². The van der Waals surface area contributed by atoms with Crippen LogP contribution in [0, 0.1) is 0 Å². The van der Waals surface area contributed by atoms with Gasteiger partial charge in [-0.25, -0.2) is 0 Å². The highest BCUT2D eigenvalue weighted by Gasteiger charge is 2.35. The number of imide groups is 1. The zero-order valence-electron chi connectivity index (χ0n) is 20.1. The predicted octanol–water partition coefficient (Wildman–Crippen LogP) is 6.84. The van der Waals surface area contributed by atoms with Crippen LogP contribution in [0.3, 0.4) is 0 Å². The lowest BCUT2D eigenvalue weighted by Gasteiger charge is -2.14. The topological polar surface area (TPSA) is 83.4 Å². The van der Waals surface area contributed by atoms with Crippen molar-refractivity contribution >= 4 is 50.9 Å². The zero-order chi connectivity index (χ0) is 27.5. The largest absolute Gasteiger partial charge is 0.508 e. The van der Waals surface area contributed by atoms with Gasteiger partial charge in [-0.05, 0) is 54.1 Å². The van der Waals surface area contributed by atoms with Crippen LogP contribution in [0.15, 0.2) is 72.8 Å². The number of amides is 2. The van der Waals surface area contributed by atoms with Gasteiger partial charge in [-0.3, -0.25) is 14.9 Å². The lowest BCUT2D eigenvalue weighted by Crippen LogP contribution is -2.20. The fourth-order valence-electron chi connectivity index (χ4n) is 5.19. The number of nitrogens with one attached hydrogen (secondary N) is 2. The lowest BCUT2D eigenvalue weighted by atomic mass is 9.93. The maximum atomic E-state index is 13.2. The Morgan fingerprint density at radius 1 is 0.872 bits per heavy atom. The molecule has 2 amide bonds. The highest BCUT2D eigenvalue weighted by atomic mass is 35.5. The summed E-state index contributed by atoms with van der Waals surface area (Å²) in [6, 6.07) is 18.5. The van der Waals surface area contributed by atoms with Crippen molar-refractivity contribution in [2.45, 2.75) is 12.7 Å². The first kappa shape index (κ1) is 24.8. The number of nitrogens with zero attached hydrogens (tertiary/aromatic N) is 1. The molecule has 3 N–H and O–H groups in total. The third-order valence-corrected chi connectivity index (χ3v) is 7.17. The number of alkyl halides is 3. The van der Waals surface area contributed by atoms with E-state index in [-0.39, 0.29) is 23.4 Å². The standard InChI is InChI=1S/C29H19ClF3N3O3/c30-21-7-2-1-6-18(21)19-14-23-24(26-25(19)27(38)35-28(26)39)20-13-17(37)8-9-22(20)36(23)11-10-34-16-5-3-4-15(12-16)29(31,32)33/h1-9,12-14,34,37H,10-11H2,(H,35,38,39). The minimum Gasteiger partial charge on any atom is -0.508 e. The summed E-state index contributed by atoms with van der Waals surface area (Å²) in [4.78, 5) is 26.0. The number of hydrogen-bond acceptors (Lipinski definition) is 4. The summed E-state index contributed by atoms with van der Waals surface area (Å²) >= 11 is 6.48. The van der Waals surface area contributed by atoms with Gasteiger partial charge in [0, 0.05) is 45.7 Å². The Balaban J connectivity index is 1.52. The van der Waals surface area contributed by atoms with Crippen molar-refractivity contribution in [3.8, 4) is 16.9 Å². The van der Waals surface area contributed by atoms with E-state index in [4.69, 9.17) is 11.6 Å². The summed E-state index contributed by atoms with van der Waals surface area (Å²) in [6.07, 6.45) is -4.46. The fourth-order valence-corrected chi connectivity index (χ4v) is 5.42. The molecule has 0 saturated heterocycles. The van der Waals surface area contributed by atoms with Crippen LogP contribution in [0.2, 0.25) is 5.02 Å². The van der Waals surface area contributed by atoms with Gasteiger partial charge in [-0.15, -0.1) is 0 Å². The summed E-state index contributed by atoms with van der Waals surface area (Å²) in [5, 5.41) is 17.1. The Hall–Kier alpha value is -4.50. The van der Waals surface area contributed by atoms with Crippen molar-refractivity contribution in [2.75, 3.05) is 11.9 Å². The summed E-state index contributed by atoms with van der Waals surface area (Å²) in [6.45, 7) is 0.558. The minimum absolute atomic E-state index is 0.0164. The molecule has 1 aromatic heterocycles. The highest BCUT2D eigenvalue weighted by Crippen LogP contribution is 2.42. The number of aromatic hydroxyl groups is 1. The van der Waals surface area contributed by atoms with E-state index in [2.05, 4.69) is 10.6 Å². The first-order chi connectivity index (χ1) is 18.6. The number of anilines is 1. The molecule has 0 spiro atoms. The summed E-state index contributed by atoms with van der Waals surface area (Å²) < 4.78 is 41.4. The number of benzene rings is 4. The van der Waals surface area contributed by atoms with Gasteiger partial charge in [0.05, 0.1) is 22.2 Å². The number of hydrogen-bond donors (Lipinski definition) is 3. The van der Waals surface area contributed by atoms with Gasteiger partial charge in [0.15, 0.2) is 0 Å². The molecule has 6 rings (SSSR count). The monoisotopic (exact) mass is 549 g/mol. The van der Waals surface area contributed by atoms with Crippen LogP contribution < -0.4 is 10.6 Å². The van der Waals surface area contributed by atoms with Crippen LogP contribution in [0.5, 0.6) is 5.75 Å². The lowest BCUT2D eigenvalue weighted by molar-refractivity contribution is -0.137. The summed E-state index contributed by atoms with van der Waals surface area (Å²) in [5.74, 6) is -1.12. The van der Waals surface area contributed by atoms with E-state index in [0.29, 0.717) is 50.2 Å². The van der Waals surface area contributed by atoms with Gasteiger partial charge in [0.2, 0.25) is 0 Å². The third-order valence-electron chi connectivity index (χ3n) is 6.84. The molecule has 5 aromatic rings. The number of carbonyl (C=O) groups excluding carboxylic acids is 2. The predicted molar refractivity (Wildman–Crippen MR) is 143 cm³/mol. The molecule has 6 nitrogen and oxygen atoms in total. The number of aromatic nitrogens is 1. The molecule has 0 unspecified atom stereocenters. The van der Waals surface area contributed by atoms with Crippen molar-refractivity contribution in [3.05, 3.63) is 94.5 Å². The molecular weight excluding hydrogens is 531 g/mol. The van der Waals surface area contributed by atoms with Gasteiger partial charge in [0.1, 0.15) is 5.75 Å². The Morgan fingerprint density at radius 3 is 2.41 bits per heavy atom. The van der Waals surface area contributed by atoms with Crippen LogP contribution in [0.1, 0.15) is 26.3 Å². The quantitative estimate of drug-likeness (QED) is 0.210. The number of phenolic OH excluding ortho intramolecular Hbond substituents is 1. The zero-order valence-corrected chi connectivity index (χ0v) is 20.8. The third kappa shape index (κ3) is 4.15. The Labute approximate surface area is 224 Å². The molecule has 0 radical (unpaired) electrons. The van der Waals surface area contributed by atoms with Crippen molar-refractivity contribution in [2.24, 2.45) is 0 Å². The Bertz CT molecular complexity index is 1830. The number of carbonyl (C=O) groups is 2. The Morgan fingerprint density at radius 2 is 1.64 bits per heavy atom. The second kappa shape index (κ2) is 9.06. The van der Waals surface area contributed by atoms with E-state index in [1.165, 1.54) is 18.2 Å². The van der Waals surface area contributed by atoms with Crippen LogP contribution in [-0.2, 0) is 12.7 Å². The molecule has 0 aliphatic carbocycles. The molecule has 1 aliphatic heterocycles. The normalized spacial score (nSPS) is 13.2. The number of fused-ring (bicyclic) bond motifs is 5. The van der Waals surface area contributed by atoms with Gasteiger partial charge >= 0.3 is 6.18 Å². The molecule has 10 heteroatoms. The maximum absolute atomic E-state index is 13.2. The van der Waals surface area contributed by atoms with Crippen molar-refractivity contribution in [3.63, 3.8) is 0 Å². The van der Waals surface area contributed by atoms with Gasteiger partial charge < -0.3 is 15.0 Å². The summed E-state index contributed by atoms with van der Waals surface area (Å²) in [7, 11) is 0. The van der Waals surface area contributed by atoms with Crippen LogP contribution in [0.4, 0.5) is 18.9 Å². The second-order valence-electron chi connectivity index (χ2n) is 9.19. The van der Waals surface area contributed by atoms with Crippen LogP contribution >= 0.6 is 11.6 Å². The van der Waals surface area contributed by atoms with E-state index in [1.54, 1.807) is 42.5 Å². The SMILES string of the molecule is O=C1NC(=O)c2c1c(-c1ccccc1Cl)cc1c2c2cc(O)ccc2n1CCNc1cccc(C(F)(F)F)c1. The minimum atomic E-state index is -4.46. The van der Waals surface area contributed by atoms with Crippen molar-refractivity contribution in [1.29, 1.82) is 0 Å². The first-order valence-electron chi connectivity index (χ1n) is 12.0. The Kier molecular flexibility index (Phi) is 5.76. The van der Waals surface area contributed by atoms with E-state index in [1.807, 2.05) is 4.57 Å². The van der Waals surface area contributed by atoms with Crippen molar-refractivity contribution < 1.29 is 27.9 Å². The average Bonchev–Trinajstić information content (AvgIpc) is 3.36. The molecule has 0 bridgehead atoms. The van der Waals surface area contributed by atoms with Crippen LogP contribution in [-0.4, -0.2) is 28.0 Å².